The van der Waals surface area contributed by atoms with Crippen molar-refractivity contribution in [3.8, 4) is 0 Å². The molecule has 4 rings (SSSR count). The van der Waals surface area contributed by atoms with Crippen LogP contribution in [0.15, 0.2) is 71.3 Å². The van der Waals surface area contributed by atoms with Crippen LogP contribution in [0, 0.1) is 6.92 Å². The second-order valence-corrected chi connectivity index (χ2v) is 7.59. The molecule has 2 heterocycles. The van der Waals surface area contributed by atoms with Crippen molar-refractivity contribution < 1.29 is 28.3 Å². The van der Waals surface area contributed by atoms with E-state index in [1.165, 1.54) is 12.3 Å². The predicted octanol–water partition coefficient (Wildman–Crippen LogP) is 3.60. The number of aryl methyl sites for hydroxylation is 1. The van der Waals surface area contributed by atoms with Crippen molar-refractivity contribution in [3.05, 3.63) is 89.4 Å². The minimum Gasteiger partial charge on any atom is -0.459 e. The highest BCUT2D eigenvalue weighted by Crippen LogP contribution is 2.25. The molecule has 1 atom stereocenters. The average Bonchev–Trinajstić information content (AvgIpc) is 3.40. The number of hydrogen-bond donors (Lipinski definition) is 1. The fraction of sp³-hybridized carbons (Fsp3) is 0.240. The van der Waals surface area contributed by atoms with Gasteiger partial charge in [0.15, 0.2) is 5.76 Å². The van der Waals surface area contributed by atoms with Crippen molar-refractivity contribution in [3.63, 3.8) is 0 Å². The molecule has 0 bridgehead atoms. The highest BCUT2D eigenvalue weighted by atomic mass is 16.5. The maximum Gasteiger partial charge on any atom is 0.339 e. The summed E-state index contributed by atoms with van der Waals surface area (Å²) in [6, 6.07) is 16.9. The van der Waals surface area contributed by atoms with Gasteiger partial charge in [0, 0.05) is 24.3 Å². The molecule has 33 heavy (non-hydrogen) atoms. The van der Waals surface area contributed by atoms with E-state index in [1.54, 1.807) is 53.4 Å². The van der Waals surface area contributed by atoms with Crippen LogP contribution >= 0.6 is 0 Å². The molecular formula is C25H24N2O6. The van der Waals surface area contributed by atoms with E-state index < -0.39 is 18.0 Å². The molecule has 3 aromatic rings. The summed E-state index contributed by atoms with van der Waals surface area (Å²) in [5.74, 6) is -1.24. The number of esters is 1. The Kier molecular flexibility index (Phi) is 6.85. The zero-order chi connectivity index (χ0) is 23.2. The van der Waals surface area contributed by atoms with Crippen LogP contribution in [0.3, 0.4) is 0 Å². The standard InChI is InChI=1S/C25H24N2O6/c1-17-9-10-19(16-20(17)26-23(28)21-8-5-13-32-21)25(30)33-22(18-6-3-2-4-7-18)24(29)27-11-14-31-15-12-27/h2-10,13,16,22H,11-12,14-15H2,1H3,(H,26,28). The Hall–Kier alpha value is -3.91. The Morgan fingerprint density at radius 3 is 2.45 bits per heavy atom. The summed E-state index contributed by atoms with van der Waals surface area (Å²) in [5, 5.41) is 2.74. The Bertz CT molecular complexity index is 1120. The van der Waals surface area contributed by atoms with Crippen LogP contribution in [0.5, 0.6) is 0 Å². The highest BCUT2D eigenvalue weighted by Gasteiger charge is 2.31. The number of rotatable bonds is 6. The molecule has 8 nitrogen and oxygen atoms in total. The fourth-order valence-corrected chi connectivity index (χ4v) is 3.49. The van der Waals surface area contributed by atoms with Crippen molar-refractivity contribution in [1.29, 1.82) is 0 Å². The normalized spacial score (nSPS) is 14.4. The summed E-state index contributed by atoms with van der Waals surface area (Å²) < 4.78 is 16.1. The number of nitrogens with zero attached hydrogens (tertiary/aromatic N) is 1. The second kappa shape index (κ2) is 10.1. The molecule has 2 aromatic carbocycles. The van der Waals surface area contributed by atoms with E-state index in [0.29, 0.717) is 37.6 Å². The van der Waals surface area contributed by atoms with Gasteiger partial charge in [0.25, 0.3) is 11.8 Å². The van der Waals surface area contributed by atoms with Crippen molar-refractivity contribution in [2.75, 3.05) is 31.6 Å². The third kappa shape index (κ3) is 5.30. The summed E-state index contributed by atoms with van der Waals surface area (Å²) in [6.07, 6.45) is 0.323. The Labute approximate surface area is 191 Å². The quantitative estimate of drug-likeness (QED) is 0.579. The monoisotopic (exact) mass is 448 g/mol. The Morgan fingerprint density at radius 2 is 1.76 bits per heavy atom. The smallest absolute Gasteiger partial charge is 0.339 e. The van der Waals surface area contributed by atoms with Crippen molar-refractivity contribution in [1.82, 2.24) is 4.90 Å². The number of morpholine rings is 1. The Balaban J connectivity index is 1.55. The average molecular weight is 448 g/mol. The first-order valence-electron chi connectivity index (χ1n) is 10.6. The maximum atomic E-state index is 13.2. The molecule has 1 fully saturated rings. The second-order valence-electron chi connectivity index (χ2n) is 7.59. The Morgan fingerprint density at radius 1 is 1.00 bits per heavy atom. The minimum atomic E-state index is -1.08. The molecule has 0 aliphatic carbocycles. The van der Waals surface area contributed by atoms with E-state index in [-0.39, 0.29) is 17.2 Å². The van der Waals surface area contributed by atoms with Crippen molar-refractivity contribution >= 4 is 23.5 Å². The highest BCUT2D eigenvalue weighted by molar-refractivity contribution is 6.03. The molecule has 1 aliphatic rings. The van der Waals surface area contributed by atoms with Crippen molar-refractivity contribution in [2.24, 2.45) is 0 Å². The molecule has 1 aliphatic heterocycles. The molecule has 8 heteroatoms. The van der Waals surface area contributed by atoms with Gasteiger partial charge >= 0.3 is 5.97 Å². The van der Waals surface area contributed by atoms with Gasteiger partial charge in [-0.15, -0.1) is 0 Å². The van der Waals surface area contributed by atoms with Crippen LogP contribution < -0.4 is 5.32 Å². The van der Waals surface area contributed by atoms with Crippen molar-refractivity contribution in [2.45, 2.75) is 13.0 Å². The molecule has 1 aromatic heterocycles. The number of nitrogens with one attached hydrogen (secondary N) is 1. The first-order chi connectivity index (χ1) is 16.0. The van der Waals surface area contributed by atoms with E-state index >= 15 is 0 Å². The van der Waals surface area contributed by atoms with Crippen LogP contribution in [0.2, 0.25) is 0 Å². The van der Waals surface area contributed by atoms with Gasteiger partial charge in [0.1, 0.15) is 0 Å². The SMILES string of the molecule is Cc1ccc(C(=O)OC(C(=O)N2CCOCC2)c2ccccc2)cc1NC(=O)c1ccco1. The van der Waals surface area contributed by atoms with E-state index in [0.717, 1.165) is 5.56 Å². The third-order valence-electron chi connectivity index (χ3n) is 5.34. The lowest BCUT2D eigenvalue weighted by Crippen LogP contribution is -2.44. The number of ether oxygens (including phenoxy) is 2. The lowest BCUT2D eigenvalue weighted by molar-refractivity contribution is -0.145. The van der Waals surface area contributed by atoms with E-state index in [4.69, 9.17) is 13.9 Å². The van der Waals surface area contributed by atoms with Gasteiger partial charge in [-0.25, -0.2) is 4.79 Å². The van der Waals surface area contributed by atoms with E-state index in [9.17, 15) is 14.4 Å². The lowest BCUT2D eigenvalue weighted by atomic mass is 10.1. The van der Waals surface area contributed by atoms with E-state index in [2.05, 4.69) is 5.32 Å². The predicted molar refractivity (Wildman–Crippen MR) is 120 cm³/mol. The topological polar surface area (TPSA) is 98.1 Å². The summed E-state index contributed by atoms with van der Waals surface area (Å²) in [4.78, 5) is 40.2. The molecular weight excluding hydrogens is 424 g/mol. The first-order valence-corrected chi connectivity index (χ1v) is 10.6. The van der Waals surface area contributed by atoms with Crippen LogP contribution in [0.4, 0.5) is 5.69 Å². The number of hydrogen-bond acceptors (Lipinski definition) is 6. The van der Waals surface area contributed by atoms with Gasteiger partial charge in [0.05, 0.1) is 25.0 Å². The summed E-state index contributed by atoms with van der Waals surface area (Å²) in [6.45, 7) is 3.57. The number of furan rings is 1. The first kappa shape index (κ1) is 22.3. The zero-order valence-corrected chi connectivity index (χ0v) is 18.2. The molecule has 0 spiro atoms. The fourth-order valence-electron chi connectivity index (χ4n) is 3.49. The number of carbonyl (C=O) groups is 3. The van der Waals surface area contributed by atoms with Gasteiger partial charge < -0.3 is 24.1 Å². The number of anilines is 1. The lowest BCUT2D eigenvalue weighted by Gasteiger charge is -2.30. The molecule has 0 radical (unpaired) electrons. The number of carbonyl (C=O) groups excluding carboxylic acids is 3. The summed E-state index contributed by atoms with van der Waals surface area (Å²) in [5.41, 5.74) is 2.00. The number of amides is 2. The van der Waals surface area contributed by atoms with Gasteiger partial charge in [-0.05, 0) is 36.8 Å². The molecule has 1 N–H and O–H groups in total. The van der Waals surface area contributed by atoms with Crippen LogP contribution in [-0.4, -0.2) is 49.0 Å². The molecule has 2 amide bonds. The zero-order valence-electron chi connectivity index (χ0n) is 18.2. The van der Waals surface area contributed by atoms with Gasteiger partial charge in [-0.1, -0.05) is 36.4 Å². The van der Waals surface area contributed by atoms with Gasteiger partial charge in [-0.3, -0.25) is 9.59 Å². The summed E-state index contributed by atoms with van der Waals surface area (Å²) in [7, 11) is 0. The largest absolute Gasteiger partial charge is 0.459 e. The molecule has 0 saturated carbocycles. The molecule has 170 valence electrons. The van der Waals surface area contributed by atoms with Crippen LogP contribution in [0.25, 0.3) is 0 Å². The van der Waals surface area contributed by atoms with Gasteiger partial charge in [-0.2, -0.15) is 0 Å². The molecule has 1 saturated heterocycles. The third-order valence-corrected chi connectivity index (χ3v) is 5.34. The minimum absolute atomic E-state index is 0.155. The molecule has 1 unspecified atom stereocenters. The van der Waals surface area contributed by atoms with E-state index in [1.807, 2.05) is 13.0 Å². The van der Waals surface area contributed by atoms with Crippen LogP contribution in [-0.2, 0) is 14.3 Å². The maximum absolute atomic E-state index is 13.2. The summed E-state index contributed by atoms with van der Waals surface area (Å²) >= 11 is 0. The van der Waals surface area contributed by atoms with Crippen LogP contribution in [0.1, 0.15) is 38.1 Å². The van der Waals surface area contributed by atoms with Gasteiger partial charge in [0.2, 0.25) is 6.10 Å². The number of benzene rings is 2.